The average molecular weight is 235 g/mol. The molecule has 0 radical (unpaired) electrons. The Balaban J connectivity index is 2.08. The van der Waals surface area contributed by atoms with E-state index >= 15 is 0 Å². The Kier molecular flexibility index (Phi) is 3.68. The molecule has 5 nitrogen and oxygen atoms in total. The zero-order valence-electron chi connectivity index (χ0n) is 9.96. The van der Waals surface area contributed by atoms with Crippen LogP contribution in [0.15, 0.2) is 12.3 Å². The molecule has 0 saturated carbocycles. The highest BCUT2D eigenvalue weighted by Crippen LogP contribution is 2.19. The number of piperidine rings is 1. The van der Waals surface area contributed by atoms with Gasteiger partial charge in [0.25, 0.3) is 0 Å². The van der Waals surface area contributed by atoms with E-state index < -0.39 is 5.97 Å². The predicted octanol–water partition coefficient (Wildman–Crippen LogP) is 1.22. The Morgan fingerprint density at radius 1 is 1.59 bits per heavy atom. The second kappa shape index (κ2) is 5.23. The highest BCUT2D eigenvalue weighted by Gasteiger charge is 2.28. The first-order valence-corrected chi connectivity index (χ1v) is 5.92. The molecule has 1 fully saturated rings. The molecule has 1 aliphatic rings. The van der Waals surface area contributed by atoms with E-state index in [0.717, 1.165) is 37.3 Å². The van der Waals surface area contributed by atoms with E-state index in [0.29, 0.717) is 6.54 Å². The lowest BCUT2D eigenvalue weighted by atomic mass is 10.0. The van der Waals surface area contributed by atoms with Crippen LogP contribution in [0.25, 0.3) is 0 Å². The van der Waals surface area contributed by atoms with Crippen LogP contribution in [-0.4, -0.2) is 38.5 Å². The number of hydrogen-bond acceptors (Lipinski definition) is 4. The van der Waals surface area contributed by atoms with Gasteiger partial charge in [0.05, 0.1) is 5.69 Å². The van der Waals surface area contributed by atoms with E-state index in [1.54, 1.807) is 6.20 Å². The van der Waals surface area contributed by atoms with Crippen molar-refractivity contribution in [3.8, 4) is 0 Å². The molecule has 1 saturated heterocycles. The van der Waals surface area contributed by atoms with Gasteiger partial charge in [-0.15, -0.1) is 0 Å². The van der Waals surface area contributed by atoms with Crippen LogP contribution in [0.5, 0.6) is 0 Å². The van der Waals surface area contributed by atoms with Crippen molar-refractivity contribution in [2.24, 2.45) is 0 Å². The van der Waals surface area contributed by atoms with E-state index in [1.165, 1.54) is 0 Å². The average Bonchev–Trinajstić information content (AvgIpc) is 2.29. The molecule has 92 valence electrons. The number of rotatable bonds is 3. The minimum atomic E-state index is -0.726. The smallest absolute Gasteiger partial charge is 0.320 e. The van der Waals surface area contributed by atoms with E-state index in [4.69, 9.17) is 5.11 Å². The summed E-state index contributed by atoms with van der Waals surface area (Å²) in [5, 5.41) is 9.17. The molecule has 0 aliphatic carbocycles. The van der Waals surface area contributed by atoms with Gasteiger partial charge in [0.1, 0.15) is 11.9 Å². The number of likely N-dealkylation sites (tertiary alicyclic amines) is 1. The van der Waals surface area contributed by atoms with Crippen molar-refractivity contribution in [3.05, 3.63) is 23.8 Å². The lowest BCUT2D eigenvalue weighted by molar-refractivity contribution is -0.144. The summed E-state index contributed by atoms with van der Waals surface area (Å²) in [6, 6.07) is 1.49. The minimum Gasteiger partial charge on any atom is -0.480 e. The fourth-order valence-electron chi connectivity index (χ4n) is 2.26. The largest absolute Gasteiger partial charge is 0.480 e. The number of aryl methyl sites for hydroxylation is 1. The van der Waals surface area contributed by atoms with Crippen LogP contribution >= 0.6 is 0 Å². The maximum Gasteiger partial charge on any atom is 0.320 e. The summed E-state index contributed by atoms with van der Waals surface area (Å²) < 4.78 is 0. The summed E-state index contributed by atoms with van der Waals surface area (Å²) >= 11 is 0. The maximum absolute atomic E-state index is 11.1. The fourth-order valence-corrected chi connectivity index (χ4v) is 2.26. The quantitative estimate of drug-likeness (QED) is 0.853. The Morgan fingerprint density at radius 2 is 2.41 bits per heavy atom. The third kappa shape index (κ3) is 3.00. The van der Waals surface area contributed by atoms with Gasteiger partial charge in [-0.3, -0.25) is 9.69 Å². The lowest BCUT2D eigenvalue weighted by Crippen LogP contribution is -2.44. The highest BCUT2D eigenvalue weighted by atomic mass is 16.4. The Morgan fingerprint density at radius 3 is 3.12 bits per heavy atom. The molecule has 1 unspecified atom stereocenters. The molecular weight excluding hydrogens is 218 g/mol. The summed E-state index contributed by atoms with van der Waals surface area (Å²) in [6.45, 7) is 3.27. The van der Waals surface area contributed by atoms with Crippen molar-refractivity contribution in [1.82, 2.24) is 14.9 Å². The molecular formula is C12H17N3O2. The second-order valence-electron chi connectivity index (χ2n) is 4.42. The highest BCUT2D eigenvalue weighted by molar-refractivity contribution is 5.73. The molecule has 1 aromatic rings. The molecule has 5 heteroatoms. The fraction of sp³-hybridized carbons (Fsp3) is 0.583. The van der Waals surface area contributed by atoms with Crippen molar-refractivity contribution in [2.75, 3.05) is 6.54 Å². The van der Waals surface area contributed by atoms with Crippen LogP contribution < -0.4 is 0 Å². The van der Waals surface area contributed by atoms with Crippen molar-refractivity contribution in [3.63, 3.8) is 0 Å². The van der Waals surface area contributed by atoms with E-state index in [-0.39, 0.29) is 6.04 Å². The van der Waals surface area contributed by atoms with Crippen molar-refractivity contribution in [2.45, 2.75) is 38.8 Å². The third-order valence-electron chi connectivity index (χ3n) is 3.10. The van der Waals surface area contributed by atoms with Gasteiger partial charge >= 0.3 is 5.97 Å². The van der Waals surface area contributed by atoms with Crippen LogP contribution in [0.4, 0.5) is 0 Å². The van der Waals surface area contributed by atoms with Gasteiger partial charge in [0.15, 0.2) is 0 Å². The van der Waals surface area contributed by atoms with Gasteiger partial charge < -0.3 is 5.11 Å². The van der Waals surface area contributed by atoms with Gasteiger partial charge in [-0.05, 0) is 32.4 Å². The Labute approximate surface area is 100 Å². The Bertz CT molecular complexity index is 408. The number of aliphatic carboxylic acids is 1. The zero-order valence-corrected chi connectivity index (χ0v) is 9.96. The van der Waals surface area contributed by atoms with Crippen molar-refractivity contribution < 1.29 is 9.90 Å². The molecule has 1 N–H and O–H groups in total. The van der Waals surface area contributed by atoms with Gasteiger partial charge in [-0.1, -0.05) is 6.42 Å². The summed E-state index contributed by atoms with van der Waals surface area (Å²) in [5.74, 6) is 0.00172. The third-order valence-corrected chi connectivity index (χ3v) is 3.10. The van der Waals surface area contributed by atoms with Crippen LogP contribution in [0.2, 0.25) is 0 Å². The molecule has 0 spiro atoms. The summed E-state index contributed by atoms with van der Waals surface area (Å²) in [5.41, 5.74) is 0.894. The molecule has 1 aliphatic heterocycles. The van der Waals surface area contributed by atoms with E-state index in [1.807, 2.05) is 17.9 Å². The first-order chi connectivity index (χ1) is 8.16. The molecule has 0 bridgehead atoms. The summed E-state index contributed by atoms with van der Waals surface area (Å²) in [6.07, 6.45) is 4.51. The van der Waals surface area contributed by atoms with Crippen LogP contribution in [0.3, 0.4) is 0 Å². The molecule has 1 atom stereocenters. The normalized spacial score (nSPS) is 21.4. The van der Waals surface area contributed by atoms with Gasteiger partial charge in [0.2, 0.25) is 0 Å². The Hall–Kier alpha value is -1.49. The maximum atomic E-state index is 11.1. The van der Waals surface area contributed by atoms with Gasteiger partial charge in [-0.25, -0.2) is 9.97 Å². The molecule has 2 rings (SSSR count). The number of carboxylic acid groups (broad SMARTS) is 1. The van der Waals surface area contributed by atoms with Crippen LogP contribution in [0, 0.1) is 6.92 Å². The first kappa shape index (κ1) is 12.0. The number of hydrogen-bond donors (Lipinski definition) is 1. The molecule has 0 aromatic carbocycles. The van der Waals surface area contributed by atoms with Crippen LogP contribution in [-0.2, 0) is 11.3 Å². The summed E-state index contributed by atoms with van der Waals surface area (Å²) in [4.78, 5) is 21.5. The van der Waals surface area contributed by atoms with Crippen molar-refractivity contribution >= 4 is 5.97 Å². The van der Waals surface area contributed by atoms with Gasteiger partial charge in [0, 0.05) is 12.7 Å². The number of aromatic nitrogens is 2. The number of carboxylic acids is 1. The molecule has 0 amide bonds. The summed E-state index contributed by atoms with van der Waals surface area (Å²) in [7, 11) is 0. The van der Waals surface area contributed by atoms with E-state index in [9.17, 15) is 4.79 Å². The predicted molar refractivity (Wildman–Crippen MR) is 62.5 cm³/mol. The number of carbonyl (C=O) groups is 1. The monoisotopic (exact) mass is 235 g/mol. The molecule has 1 aromatic heterocycles. The topological polar surface area (TPSA) is 66.3 Å². The van der Waals surface area contributed by atoms with E-state index in [2.05, 4.69) is 9.97 Å². The number of nitrogens with zero attached hydrogens (tertiary/aromatic N) is 3. The minimum absolute atomic E-state index is 0.362. The zero-order chi connectivity index (χ0) is 12.3. The molecule has 2 heterocycles. The van der Waals surface area contributed by atoms with Crippen molar-refractivity contribution in [1.29, 1.82) is 0 Å². The second-order valence-corrected chi connectivity index (χ2v) is 4.42. The lowest BCUT2D eigenvalue weighted by Gasteiger charge is -2.32. The first-order valence-electron chi connectivity index (χ1n) is 5.92. The standard InChI is InChI=1S/C12H17N3O2/c1-9-13-6-5-10(14-9)8-15-7-3-2-4-11(15)12(16)17/h5-6,11H,2-4,7-8H2,1H3,(H,16,17). The van der Waals surface area contributed by atoms with Crippen LogP contribution in [0.1, 0.15) is 30.8 Å². The molecule has 17 heavy (non-hydrogen) atoms. The SMILES string of the molecule is Cc1nccc(CN2CCCCC2C(=O)O)n1. The van der Waals surface area contributed by atoms with Gasteiger partial charge in [-0.2, -0.15) is 0 Å².